The van der Waals surface area contributed by atoms with Crippen LogP contribution in [0.1, 0.15) is 12.6 Å². The average molecular weight is 206 g/mol. The molecule has 0 saturated carbocycles. The molecule has 0 amide bonds. The molecule has 1 saturated heterocycles. The highest BCUT2D eigenvalue weighted by atomic mass is 16.5. The van der Waals surface area contributed by atoms with Crippen molar-refractivity contribution in [3.63, 3.8) is 0 Å². The van der Waals surface area contributed by atoms with Gasteiger partial charge in [-0.1, -0.05) is 20.6 Å². The molecule has 4 heteroatoms. The third-order valence-corrected chi connectivity index (χ3v) is 3.05. The lowest BCUT2D eigenvalue weighted by Crippen LogP contribution is -2.43. The second kappa shape index (κ2) is 3.67. The normalized spacial score (nSPS) is 18.7. The van der Waals surface area contributed by atoms with Gasteiger partial charge in [-0.25, -0.2) is 0 Å². The summed E-state index contributed by atoms with van der Waals surface area (Å²) in [5, 5.41) is 4.56. The molecule has 1 aromatic rings. The molecule has 82 valence electrons. The maximum absolute atomic E-state index is 5.25. The fourth-order valence-electron chi connectivity index (χ4n) is 2.11. The van der Waals surface area contributed by atoms with Gasteiger partial charge in [-0.3, -0.25) is 4.68 Å². The minimum Gasteiger partial charge on any atom is -0.380 e. The molecule has 0 spiro atoms. The Morgan fingerprint density at radius 2 is 2.20 bits per heavy atom. The number of aryl methyl sites for hydroxylation is 1. The quantitative estimate of drug-likeness (QED) is 0.694. The minimum atomic E-state index is 0.298. The number of rotatable bonds is 3. The summed E-state index contributed by atoms with van der Waals surface area (Å²) in [7, 11) is 0. The van der Waals surface area contributed by atoms with E-state index in [1.165, 1.54) is 5.46 Å². The van der Waals surface area contributed by atoms with Gasteiger partial charge in [0.1, 0.15) is 0 Å². The van der Waals surface area contributed by atoms with Crippen molar-refractivity contribution in [1.29, 1.82) is 0 Å². The van der Waals surface area contributed by atoms with Crippen LogP contribution >= 0.6 is 0 Å². The van der Waals surface area contributed by atoms with Crippen LogP contribution in [0.15, 0.2) is 6.20 Å². The molecule has 1 aliphatic heterocycles. The van der Waals surface area contributed by atoms with Crippen molar-refractivity contribution in [2.75, 3.05) is 13.2 Å². The second-order valence-electron chi connectivity index (χ2n) is 5.33. The monoisotopic (exact) mass is 206 g/mol. The van der Waals surface area contributed by atoms with E-state index in [2.05, 4.69) is 43.5 Å². The van der Waals surface area contributed by atoms with Crippen LogP contribution in [0, 0.1) is 12.3 Å². The first-order chi connectivity index (χ1) is 7.00. The molecule has 15 heavy (non-hydrogen) atoms. The molecular weight excluding hydrogens is 187 g/mol. The van der Waals surface area contributed by atoms with Crippen molar-refractivity contribution in [3.8, 4) is 0 Å². The lowest BCUT2D eigenvalue weighted by Gasteiger charge is -2.37. The molecule has 1 aliphatic rings. The van der Waals surface area contributed by atoms with E-state index in [0.29, 0.717) is 12.1 Å². The van der Waals surface area contributed by atoms with Crippen LogP contribution in [0.5, 0.6) is 0 Å². The third kappa shape index (κ3) is 2.10. The standard InChI is InChI=1S/C11H19BN2O/c1-9-10(12(3)4)5-14(13-9)6-11(2)7-15-8-11/h5H,6-8H2,1-4H3. The molecule has 0 aromatic carbocycles. The highest BCUT2D eigenvalue weighted by Gasteiger charge is 2.34. The van der Waals surface area contributed by atoms with Crippen molar-refractivity contribution in [2.24, 2.45) is 5.41 Å². The maximum atomic E-state index is 5.25. The van der Waals surface area contributed by atoms with Crippen molar-refractivity contribution in [1.82, 2.24) is 9.78 Å². The highest BCUT2D eigenvalue weighted by molar-refractivity contribution is 6.71. The summed E-state index contributed by atoms with van der Waals surface area (Å²) in [5.74, 6) is 0. The van der Waals surface area contributed by atoms with Crippen LogP contribution in [0.4, 0.5) is 0 Å². The van der Waals surface area contributed by atoms with Gasteiger partial charge in [0.2, 0.25) is 0 Å². The van der Waals surface area contributed by atoms with E-state index in [4.69, 9.17) is 4.74 Å². The van der Waals surface area contributed by atoms with Gasteiger partial charge >= 0.3 is 0 Å². The predicted octanol–water partition coefficient (Wildman–Crippen LogP) is 1.19. The summed E-state index contributed by atoms with van der Waals surface area (Å²) >= 11 is 0. The third-order valence-electron chi connectivity index (χ3n) is 3.05. The Balaban J connectivity index is 2.12. The molecule has 0 atom stereocenters. The summed E-state index contributed by atoms with van der Waals surface area (Å²) in [6.45, 7) is 12.0. The first kappa shape index (κ1) is 10.7. The summed E-state index contributed by atoms with van der Waals surface area (Å²) in [6.07, 6.45) is 2.18. The van der Waals surface area contributed by atoms with E-state index >= 15 is 0 Å². The maximum Gasteiger partial charge on any atom is 0.174 e. The topological polar surface area (TPSA) is 27.1 Å². The average Bonchev–Trinajstić information content (AvgIpc) is 2.44. The zero-order chi connectivity index (χ0) is 11.1. The van der Waals surface area contributed by atoms with Crippen LogP contribution in [0.25, 0.3) is 0 Å². The smallest absolute Gasteiger partial charge is 0.174 e. The van der Waals surface area contributed by atoms with E-state index < -0.39 is 0 Å². The summed E-state index contributed by atoms with van der Waals surface area (Å²) in [6, 6.07) is 0. The summed E-state index contributed by atoms with van der Waals surface area (Å²) < 4.78 is 7.33. The fraction of sp³-hybridized carbons (Fsp3) is 0.727. The molecule has 0 bridgehead atoms. The second-order valence-corrected chi connectivity index (χ2v) is 5.33. The van der Waals surface area contributed by atoms with Crippen molar-refractivity contribution in [3.05, 3.63) is 11.9 Å². The Hall–Kier alpha value is -0.765. The molecule has 0 radical (unpaired) electrons. The fourth-order valence-corrected chi connectivity index (χ4v) is 2.11. The zero-order valence-corrected chi connectivity index (χ0v) is 10.1. The molecule has 3 nitrogen and oxygen atoms in total. The van der Waals surface area contributed by atoms with Crippen molar-refractivity contribution >= 4 is 12.2 Å². The van der Waals surface area contributed by atoms with E-state index in [1.54, 1.807) is 0 Å². The number of hydrogen-bond donors (Lipinski definition) is 0. The first-order valence-electron chi connectivity index (χ1n) is 5.62. The number of ether oxygens (including phenoxy) is 1. The van der Waals surface area contributed by atoms with E-state index in [1.807, 2.05) is 0 Å². The van der Waals surface area contributed by atoms with Gasteiger partial charge in [-0.05, 0) is 12.4 Å². The minimum absolute atomic E-state index is 0.298. The van der Waals surface area contributed by atoms with Gasteiger partial charge in [-0.2, -0.15) is 5.10 Å². The molecular formula is C11H19BN2O. The largest absolute Gasteiger partial charge is 0.380 e. The number of aromatic nitrogens is 2. The molecule has 0 aliphatic carbocycles. The van der Waals surface area contributed by atoms with Gasteiger partial charge < -0.3 is 4.74 Å². The van der Waals surface area contributed by atoms with Gasteiger partial charge in [-0.15, -0.1) is 0 Å². The lowest BCUT2D eigenvalue weighted by atomic mass is 9.49. The highest BCUT2D eigenvalue weighted by Crippen LogP contribution is 2.28. The van der Waals surface area contributed by atoms with E-state index in [9.17, 15) is 0 Å². The zero-order valence-electron chi connectivity index (χ0n) is 10.1. The molecule has 2 heterocycles. The molecule has 0 unspecified atom stereocenters. The SMILES string of the molecule is CB(C)c1cn(CC2(C)COC2)nc1C. The van der Waals surface area contributed by atoms with Gasteiger partial charge in [0, 0.05) is 11.6 Å². The van der Waals surface area contributed by atoms with Gasteiger partial charge in [0.25, 0.3) is 0 Å². The van der Waals surface area contributed by atoms with Crippen molar-refractivity contribution < 1.29 is 4.74 Å². The Labute approximate surface area is 91.9 Å². The van der Waals surface area contributed by atoms with Crippen LogP contribution in [-0.4, -0.2) is 29.7 Å². The number of hydrogen-bond acceptors (Lipinski definition) is 2. The molecule has 2 rings (SSSR count). The van der Waals surface area contributed by atoms with Gasteiger partial charge in [0.05, 0.1) is 25.5 Å². The Bertz CT molecular complexity index is 355. The predicted molar refractivity (Wildman–Crippen MR) is 63.0 cm³/mol. The molecule has 0 N–H and O–H groups in total. The molecule has 1 aromatic heterocycles. The Kier molecular flexibility index (Phi) is 2.63. The number of nitrogens with zero attached hydrogens (tertiary/aromatic N) is 2. The Morgan fingerprint density at radius 1 is 1.53 bits per heavy atom. The Morgan fingerprint density at radius 3 is 2.60 bits per heavy atom. The van der Waals surface area contributed by atoms with Crippen LogP contribution < -0.4 is 5.46 Å². The first-order valence-corrected chi connectivity index (χ1v) is 5.62. The van der Waals surface area contributed by atoms with E-state index in [0.717, 1.165) is 25.5 Å². The summed E-state index contributed by atoms with van der Waals surface area (Å²) in [5.41, 5.74) is 2.82. The van der Waals surface area contributed by atoms with Crippen LogP contribution in [0.2, 0.25) is 13.6 Å². The molecule has 1 fully saturated rings. The van der Waals surface area contributed by atoms with Crippen LogP contribution in [-0.2, 0) is 11.3 Å². The van der Waals surface area contributed by atoms with Crippen molar-refractivity contribution in [2.45, 2.75) is 34.0 Å². The summed E-state index contributed by atoms with van der Waals surface area (Å²) in [4.78, 5) is 0. The van der Waals surface area contributed by atoms with Gasteiger partial charge in [0.15, 0.2) is 6.71 Å². The van der Waals surface area contributed by atoms with Crippen LogP contribution in [0.3, 0.4) is 0 Å². The lowest BCUT2D eigenvalue weighted by molar-refractivity contribution is -0.111. The van der Waals surface area contributed by atoms with E-state index in [-0.39, 0.29) is 0 Å².